The van der Waals surface area contributed by atoms with E-state index < -0.39 is 10.0 Å². The van der Waals surface area contributed by atoms with Crippen LogP contribution in [0.5, 0.6) is 11.5 Å². The lowest BCUT2D eigenvalue weighted by molar-refractivity contribution is 0.0730. The average Bonchev–Trinajstić information content (AvgIpc) is 3.78. The van der Waals surface area contributed by atoms with Crippen molar-refractivity contribution in [2.75, 3.05) is 45.5 Å². The molecule has 1 fully saturated rings. The smallest absolute Gasteiger partial charge is 0.243 e. The normalized spacial score (nSPS) is 18.1. The number of hydrogen-bond acceptors (Lipinski definition) is 10. The molecule has 0 spiro atoms. The number of ether oxygens (including phenoxy) is 3. The summed E-state index contributed by atoms with van der Waals surface area (Å²) >= 11 is 3.17. The summed E-state index contributed by atoms with van der Waals surface area (Å²) in [6.07, 6.45) is 0.721. The molecule has 9 nitrogen and oxygen atoms in total. The molecule has 0 saturated carbocycles. The van der Waals surface area contributed by atoms with Crippen LogP contribution in [0.15, 0.2) is 75.4 Å². The van der Waals surface area contributed by atoms with Crippen LogP contribution in [0, 0.1) is 0 Å². The highest BCUT2D eigenvalue weighted by atomic mass is 32.2. The zero-order valence-electron chi connectivity index (χ0n) is 22.0. The predicted molar refractivity (Wildman–Crippen MR) is 157 cm³/mol. The van der Waals surface area contributed by atoms with Crippen molar-refractivity contribution in [2.24, 2.45) is 5.10 Å². The highest BCUT2D eigenvalue weighted by molar-refractivity contribution is 7.89. The predicted octanol–water partition coefficient (Wildman–Crippen LogP) is 5.27. The van der Waals surface area contributed by atoms with Gasteiger partial charge in [0, 0.05) is 30.5 Å². The first kappa shape index (κ1) is 26.9. The van der Waals surface area contributed by atoms with Gasteiger partial charge in [-0.1, -0.05) is 24.3 Å². The number of nitrogens with zero attached hydrogens (tertiary/aromatic N) is 4. The molecule has 208 valence electrons. The number of hydrogen-bond donors (Lipinski definition) is 0. The van der Waals surface area contributed by atoms with Crippen LogP contribution in [0.1, 0.15) is 22.9 Å². The molecule has 6 rings (SSSR count). The molecule has 4 aromatic rings. The summed E-state index contributed by atoms with van der Waals surface area (Å²) < 4.78 is 43.8. The summed E-state index contributed by atoms with van der Waals surface area (Å²) in [5.74, 6) is 1.34. The van der Waals surface area contributed by atoms with Crippen molar-refractivity contribution >= 4 is 43.5 Å². The van der Waals surface area contributed by atoms with Crippen molar-refractivity contribution in [1.82, 2.24) is 9.29 Å². The molecule has 1 saturated heterocycles. The van der Waals surface area contributed by atoms with Gasteiger partial charge in [0.25, 0.3) is 0 Å². The number of sulfonamides is 1. The van der Waals surface area contributed by atoms with Crippen LogP contribution >= 0.6 is 22.7 Å². The molecule has 4 heterocycles. The van der Waals surface area contributed by atoms with Gasteiger partial charge in [-0.15, -0.1) is 22.7 Å². The summed E-state index contributed by atoms with van der Waals surface area (Å²) in [7, 11) is -0.299. The number of anilines is 1. The quantitative estimate of drug-likeness (QED) is 0.274. The Morgan fingerprint density at radius 1 is 0.975 bits per heavy atom. The molecule has 40 heavy (non-hydrogen) atoms. The van der Waals surface area contributed by atoms with Gasteiger partial charge in [0.05, 0.1) is 54.7 Å². The number of thiazole rings is 1. The molecule has 0 aliphatic carbocycles. The maximum absolute atomic E-state index is 13.0. The summed E-state index contributed by atoms with van der Waals surface area (Å²) in [5, 5.41) is 11.8. The van der Waals surface area contributed by atoms with Gasteiger partial charge in [0.2, 0.25) is 15.2 Å². The van der Waals surface area contributed by atoms with Crippen molar-refractivity contribution in [1.29, 1.82) is 0 Å². The van der Waals surface area contributed by atoms with Crippen LogP contribution in [0.3, 0.4) is 0 Å². The fraction of sp³-hybridized carbons (Fsp3) is 0.286. The second kappa shape index (κ2) is 11.3. The van der Waals surface area contributed by atoms with Crippen LogP contribution < -0.4 is 14.5 Å². The van der Waals surface area contributed by atoms with E-state index in [-0.39, 0.29) is 10.9 Å². The fourth-order valence-corrected chi connectivity index (χ4v) is 7.80. The van der Waals surface area contributed by atoms with Crippen LogP contribution in [-0.2, 0) is 14.8 Å². The second-order valence-electron chi connectivity index (χ2n) is 9.26. The Morgan fingerprint density at radius 3 is 2.45 bits per heavy atom. The number of hydrazone groups is 1. The van der Waals surface area contributed by atoms with E-state index in [0.29, 0.717) is 37.8 Å². The zero-order valence-corrected chi connectivity index (χ0v) is 24.5. The molecule has 1 atom stereocenters. The van der Waals surface area contributed by atoms with Gasteiger partial charge in [-0.3, -0.25) is 0 Å². The first-order valence-corrected chi connectivity index (χ1v) is 15.9. The van der Waals surface area contributed by atoms with Crippen molar-refractivity contribution in [3.05, 3.63) is 75.8 Å². The Kier molecular flexibility index (Phi) is 7.60. The molecule has 2 aliphatic heterocycles. The Balaban J connectivity index is 1.29. The molecule has 2 aromatic carbocycles. The van der Waals surface area contributed by atoms with Gasteiger partial charge < -0.3 is 14.2 Å². The first-order chi connectivity index (χ1) is 19.5. The van der Waals surface area contributed by atoms with Crippen LogP contribution in [0.4, 0.5) is 5.13 Å². The lowest BCUT2D eigenvalue weighted by Gasteiger charge is -2.26. The molecule has 0 N–H and O–H groups in total. The Hall–Kier alpha value is -3.29. The van der Waals surface area contributed by atoms with E-state index in [1.165, 1.54) is 15.6 Å². The number of aromatic nitrogens is 1. The third-order valence-electron chi connectivity index (χ3n) is 6.95. The first-order valence-electron chi connectivity index (χ1n) is 12.7. The average molecular weight is 597 g/mol. The van der Waals surface area contributed by atoms with Crippen molar-refractivity contribution in [3.8, 4) is 22.8 Å². The van der Waals surface area contributed by atoms with Gasteiger partial charge in [-0.25, -0.2) is 18.4 Å². The largest absolute Gasteiger partial charge is 0.493 e. The van der Waals surface area contributed by atoms with E-state index in [9.17, 15) is 8.42 Å². The minimum absolute atomic E-state index is 0.0723. The van der Waals surface area contributed by atoms with E-state index in [0.717, 1.165) is 39.0 Å². The van der Waals surface area contributed by atoms with E-state index >= 15 is 0 Å². The molecule has 0 bridgehead atoms. The molecule has 0 amide bonds. The highest BCUT2D eigenvalue weighted by Crippen LogP contribution is 2.42. The van der Waals surface area contributed by atoms with E-state index in [1.807, 2.05) is 46.8 Å². The second-order valence-corrected chi connectivity index (χ2v) is 13.0. The Morgan fingerprint density at radius 2 is 1.75 bits per heavy atom. The van der Waals surface area contributed by atoms with Crippen LogP contribution in [-0.4, -0.2) is 63.9 Å². The molecular formula is C28H28N4O5S3. The van der Waals surface area contributed by atoms with Crippen LogP contribution in [0.2, 0.25) is 0 Å². The number of methoxy groups -OCH3 is 2. The van der Waals surface area contributed by atoms with Crippen molar-refractivity contribution in [3.63, 3.8) is 0 Å². The Bertz CT molecular complexity index is 1610. The number of thiophene rings is 1. The lowest BCUT2D eigenvalue weighted by atomic mass is 10.0. The minimum atomic E-state index is -3.55. The summed E-state index contributed by atoms with van der Waals surface area (Å²) in [4.78, 5) is 6.32. The number of rotatable bonds is 8. The van der Waals surface area contributed by atoms with Crippen molar-refractivity contribution < 1.29 is 22.6 Å². The molecule has 12 heteroatoms. The van der Waals surface area contributed by atoms with Crippen molar-refractivity contribution in [2.45, 2.75) is 17.4 Å². The van der Waals surface area contributed by atoms with E-state index in [1.54, 1.807) is 37.7 Å². The maximum Gasteiger partial charge on any atom is 0.243 e. The van der Waals surface area contributed by atoms with Gasteiger partial charge in [0.15, 0.2) is 11.5 Å². The fourth-order valence-electron chi connectivity index (χ4n) is 4.83. The lowest BCUT2D eigenvalue weighted by Crippen LogP contribution is -2.40. The third kappa shape index (κ3) is 5.13. The number of benzene rings is 2. The highest BCUT2D eigenvalue weighted by Gasteiger charge is 2.33. The number of morpholine rings is 1. The summed E-state index contributed by atoms with van der Waals surface area (Å²) in [5.41, 5.74) is 3.65. The van der Waals surface area contributed by atoms with Gasteiger partial charge in [-0.2, -0.15) is 9.41 Å². The standard InChI is InChI=1S/C28H28N4O5S3/c1-35-25-10-7-20(16-26(25)36-2)24-17-22(27-4-3-15-38-27)30-32(24)28-29-23(18-39-28)19-5-8-21(9-6-19)40(33,34)31-11-13-37-14-12-31/h3-10,15-16,18,24H,11-14,17H2,1-2H3/t24-/m1/s1. The summed E-state index contributed by atoms with van der Waals surface area (Å²) in [6, 6.07) is 16.9. The SMILES string of the molecule is COc1ccc([C@H]2CC(c3cccs3)=NN2c2nc(-c3ccc(S(=O)(=O)N4CCOCC4)cc3)cs2)cc1OC. The van der Waals surface area contributed by atoms with E-state index in [2.05, 4.69) is 11.4 Å². The molecular weight excluding hydrogens is 569 g/mol. The molecule has 0 radical (unpaired) electrons. The molecule has 2 aliphatic rings. The zero-order chi connectivity index (χ0) is 27.7. The minimum Gasteiger partial charge on any atom is -0.493 e. The maximum atomic E-state index is 13.0. The topological polar surface area (TPSA) is 93.6 Å². The molecule has 2 aromatic heterocycles. The monoisotopic (exact) mass is 596 g/mol. The summed E-state index contributed by atoms with van der Waals surface area (Å²) in [6.45, 7) is 1.56. The van der Waals surface area contributed by atoms with Gasteiger partial charge in [-0.05, 0) is 41.3 Å². The van der Waals surface area contributed by atoms with Crippen LogP contribution in [0.25, 0.3) is 11.3 Å². The third-order valence-corrected chi connectivity index (χ3v) is 10.6. The van der Waals surface area contributed by atoms with E-state index in [4.69, 9.17) is 24.3 Å². The van der Waals surface area contributed by atoms with Gasteiger partial charge in [0.1, 0.15) is 0 Å². The molecule has 0 unspecified atom stereocenters. The Labute approximate surface area is 241 Å². The van der Waals surface area contributed by atoms with Gasteiger partial charge >= 0.3 is 0 Å².